The van der Waals surface area contributed by atoms with E-state index in [0.717, 1.165) is 28.2 Å². The molecule has 2 rings (SSSR count). The van der Waals surface area contributed by atoms with Crippen molar-refractivity contribution >= 4 is 10.8 Å². The Balaban J connectivity index is 2.32. The third-order valence-electron chi connectivity index (χ3n) is 3.03. The molecular formula is C17H18OS. The zero-order valence-electron chi connectivity index (χ0n) is 11.1. The van der Waals surface area contributed by atoms with E-state index in [1.165, 1.54) is 5.56 Å². The van der Waals surface area contributed by atoms with Crippen LogP contribution >= 0.6 is 0 Å². The summed E-state index contributed by atoms with van der Waals surface area (Å²) in [5, 5.41) is 0. The Morgan fingerprint density at radius 1 is 1.11 bits per heavy atom. The molecule has 2 aromatic rings. The second kappa shape index (κ2) is 6.48. The van der Waals surface area contributed by atoms with Crippen LogP contribution in [0.2, 0.25) is 0 Å². The molecule has 0 aliphatic rings. The van der Waals surface area contributed by atoms with Crippen LogP contribution in [0.25, 0.3) is 0 Å². The smallest absolute Gasteiger partial charge is 0.0852 e. The first-order valence-electron chi connectivity index (χ1n) is 6.39. The van der Waals surface area contributed by atoms with Crippen LogP contribution in [0.15, 0.2) is 71.0 Å². The predicted molar refractivity (Wildman–Crippen MR) is 80.8 cm³/mol. The molecule has 1 nitrogen and oxygen atoms in total. The van der Waals surface area contributed by atoms with Crippen LogP contribution in [0.1, 0.15) is 17.5 Å². The molecular weight excluding hydrogens is 252 g/mol. The average Bonchev–Trinajstić information content (AvgIpc) is 2.45. The average molecular weight is 270 g/mol. The van der Waals surface area contributed by atoms with Gasteiger partial charge in [0, 0.05) is 9.79 Å². The first-order valence-corrected chi connectivity index (χ1v) is 7.54. The highest BCUT2D eigenvalue weighted by Gasteiger charge is 2.10. The van der Waals surface area contributed by atoms with E-state index in [9.17, 15) is 4.21 Å². The number of allylic oxidation sites excluding steroid dienone is 1. The van der Waals surface area contributed by atoms with Gasteiger partial charge in [-0.05, 0) is 43.5 Å². The minimum absolute atomic E-state index is 0.858. The van der Waals surface area contributed by atoms with Crippen LogP contribution < -0.4 is 0 Å². The molecule has 0 aliphatic heterocycles. The lowest BCUT2D eigenvalue weighted by Crippen LogP contribution is -1.98. The summed E-state index contributed by atoms with van der Waals surface area (Å²) in [6.45, 7) is 5.77. The lowest BCUT2D eigenvalue weighted by molar-refractivity contribution is 0.682. The summed E-state index contributed by atoms with van der Waals surface area (Å²) < 4.78 is 12.6. The van der Waals surface area contributed by atoms with Crippen molar-refractivity contribution in [3.63, 3.8) is 0 Å². The van der Waals surface area contributed by atoms with Gasteiger partial charge in [0.05, 0.1) is 10.8 Å². The van der Waals surface area contributed by atoms with Gasteiger partial charge in [-0.25, -0.2) is 4.21 Å². The molecule has 0 heterocycles. The quantitative estimate of drug-likeness (QED) is 0.741. The van der Waals surface area contributed by atoms with Crippen LogP contribution in [0.3, 0.4) is 0 Å². The first-order chi connectivity index (χ1) is 9.22. The maximum Gasteiger partial charge on any atom is 0.0852 e. The van der Waals surface area contributed by atoms with Gasteiger partial charge in [0.25, 0.3) is 0 Å². The topological polar surface area (TPSA) is 17.1 Å². The number of aryl methyl sites for hydroxylation is 2. The number of hydrogen-bond acceptors (Lipinski definition) is 1. The minimum atomic E-state index is -1.10. The zero-order valence-corrected chi connectivity index (χ0v) is 12.0. The predicted octanol–water partition coefficient (Wildman–Crippen LogP) is 4.28. The molecule has 0 N–H and O–H groups in total. The SMILES string of the molecule is C=CCCc1ccccc1S(=O)c1ccc(C)cc1. The summed E-state index contributed by atoms with van der Waals surface area (Å²) in [4.78, 5) is 1.77. The van der Waals surface area contributed by atoms with E-state index < -0.39 is 10.8 Å². The van der Waals surface area contributed by atoms with Crippen LogP contribution in [-0.4, -0.2) is 4.21 Å². The molecule has 0 radical (unpaired) electrons. The Hall–Kier alpha value is -1.67. The standard InChI is InChI=1S/C17H18OS/c1-3-4-7-15-8-5-6-9-17(15)19(18)16-12-10-14(2)11-13-16/h3,5-6,8-13H,1,4,7H2,2H3. The van der Waals surface area contributed by atoms with Crippen LogP contribution in [0, 0.1) is 6.92 Å². The third-order valence-corrected chi connectivity index (χ3v) is 4.52. The lowest BCUT2D eigenvalue weighted by Gasteiger charge is -2.08. The van der Waals surface area contributed by atoms with Gasteiger partial charge in [-0.15, -0.1) is 6.58 Å². The first kappa shape index (κ1) is 13.8. The second-order valence-electron chi connectivity index (χ2n) is 4.52. The van der Waals surface area contributed by atoms with Crippen LogP contribution in [0.5, 0.6) is 0 Å². The van der Waals surface area contributed by atoms with Gasteiger partial charge in [-0.1, -0.05) is 42.0 Å². The summed E-state index contributed by atoms with van der Waals surface area (Å²) >= 11 is 0. The van der Waals surface area contributed by atoms with Crippen molar-refractivity contribution in [2.75, 3.05) is 0 Å². The monoisotopic (exact) mass is 270 g/mol. The molecule has 2 heteroatoms. The number of benzene rings is 2. The molecule has 0 saturated carbocycles. The molecule has 0 fully saturated rings. The van der Waals surface area contributed by atoms with Gasteiger partial charge >= 0.3 is 0 Å². The van der Waals surface area contributed by atoms with Crippen molar-refractivity contribution < 1.29 is 4.21 Å². The van der Waals surface area contributed by atoms with Crippen molar-refractivity contribution in [1.82, 2.24) is 0 Å². The molecule has 0 saturated heterocycles. The molecule has 0 amide bonds. The Bertz CT molecular complexity index is 584. The molecule has 19 heavy (non-hydrogen) atoms. The van der Waals surface area contributed by atoms with Crippen molar-refractivity contribution in [2.45, 2.75) is 29.6 Å². The molecule has 0 spiro atoms. The second-order valence-corrected chi connectivity index (χ2v) is 5.97. The largest absolute Gasteiger partial charge is 0.249 e. The lowest BCUT2D eigenvalue weighted by atomic mass is 10.1. The fourth-order valence-electron chi connectivity index (χ4n) is 1.94. The third kappa shape index (κ3) is 3.42. The Labute approximate surface area is 117 Å². The van der Waals surface area contributed by atoms with Gasteiger partial charge in [0.1, 0.15) is 0 Å². The minimum Gasteiger partial charge on any atom is -0.249 e. The highest BCUT2D eigenvalue weighted by atomic mass is 32.2. The van der Waals surface area contributed by atoms with E-state index in [4.69, 9.17) is 0 Å². The van der Waals surface area contributed by atoms with E-state index in [-0.39, 0.29) is 0 Å². The molecule has 1 atom stereocenters. The zero-order chi connectivity index (χ0) is 13.7. The number of hydrogen-bond donors (Lipinski definition) is 0. The van der Waals surface area contributed by atoms with Crippen LogP contribution in [-0.2, 0) is 17.2 Å². The van der Waals surface area contributed by atoms with Gasteiger partial charge in [0.2, 0.25) is 0 Å². The van der Waals surface area contributed by atoms with Crippen molar-refractivity contribution in [2.24, 2.45) is 0 Å². The molecule has 0 aromatic heterocycles. The fraction of sp³-hybridized carbons (Fsp3) is 0.176. The Kier molecular flexibility index (Phi) is 4.69. The fourth-order valence-corrected chi connectivity index (χ4v) is 3.19. The molecule has 2 aromatic carbocycles. The van der Waals surface area contributed by atoms with E-state index in [1.807, 2.05) is 61.5 Å². The summed E-state index contributed by atoms with van der Waals surface area (Å²) in [6.07, 6.45) is 3.69. The van der Waals surface area contributed by atoms with Gasteiger partial charge in [-0.2, -0.15) is 0 Å². The highest BCUT2D eigenvalue weighted by molar-refractivity contribution is 7.85. The summed E-state index contributed by atoms with van der Waals surface area (Å²) in [5.74, 6) is 0. The van der Waals surface area contributed by atoms with Crippen molar-refractivity contribution in [1.29, 1.82) is 0 Å². The maximum atomic E-state index is 12.6. The van der Waals surface area contributed by atoms with Gasteiger partial charge < -0.3 is 0 Å². The normalized spacial score (nSPS) is 12.1. The van der Waals surface area contributed by atoms with E-state index in [1.54, 1.807) is 0 Å². The van der Waals surface area contributed by atoms with Gasteiger partial charge in [-0.3, -0.25) is 0 Å². The van der Waals surface area contributed by atoms with E-state index in [0.29, 0.717) is 0 Å². The molecule has 0 aliphatic carbocycles. The van der Waals surface area contributed by atoms with Crippen LogP contribution in [0.4, 0.5) is 0 Å². The van der Waals surface area contributed by atoms with E-state index >= 15 is 0 Å². The van der Waals surface area contributed by atoms with Gasteiger partial charge in [0.15, 0.2) is 0 Å². The maximum absolute atomic E-state index is 12.6. The Morgan fingerprint density at radius 2 is 1.79 bits per heavy atom. The Morgan fingerprint density at radius 3 is 2.47 bits per heavy atom. The molecule has 1 unspecified atom stereocenters. The van der Waals surface area contributed by atoms with E-state index in [2.05, 4.69) is 6.58 Å². The summed E-state index contributed by atoms with van der Waals surface area (Å²) in [7, 11) is -1.10. The summed E-state index contributed by atoms with van der Waals surface area (Å²) in [5.41, 5.74) is 2.32. The molecule has 98 valence electrons. The molecule has 0 bridgehead atoms. The van der Waals surface area contributed by atoms with Crippen molar-refractivity contribution in [3.05, 3.63) is 72.3 Å². The highest BCUT2D eigenvalue weighted by Crippen LogP contribution is 2.21. The summed E-state index contributed by atoms with van der Waals surface area (Å²) in [6, 6.07) is 15.8. The van der Waals surface area contributed by atoms with Crippen molar-refractivity contribution in [3.8, 4) is 0 Å². The number of rotatable bonds is 5.